The highest BCUT2D eigenvalue weighted by Gasteiger charge is 2.26. The van der Waals surface area contributed by atoms with E-state index in [1.54, 1.807) is 12.3 Å². The quantitative estimate of drug-likeness (QED) is 0.338. The molecule has 0 saturated carbocycles. The van der Waals surface area contributed by atoms with Gasteiger partial charge < -0.3 is 13.7 Å². The van der Waals surface area contributed by atoms with Crippen molar-refractivity contribution in [3.05, 3.63) is 77.0 Å². The summed E-state index contributed by atoms with van der Waals surface area (Å²) in [6.45, 7) is 4.74. The molecule has 0 unspecified atom stereocenters. The molecule has 2 aromatic heterocycles. The van der Waals surface area contributed by atoms with Crippen LogP contribution in [0.3, 0.4) is 0 Å². The molecule has 1 fully saturated rings. The van der Waals surface area contributed by atoms with E-state index in [9.17, 15) is 18.0 Å². The Kier molecular flexibility index (Phi) is 7.57. The summed E-state index contributed by atoms with van der Waals surface area (Å²) in [5, 5.41) is 0. The van der Waals surface area contributed by atoms with E-state index in [4.69, 9.17) is 9.15 Å². The van der Waals surface area contributed by atoms with E-state index < -0.39 is 22.6 Å². The number of rotatable bonds is 8. The monoisotopic (exact) mass is 498 g/mol. The SMILES string of the molecule is Cc1cc(C(=O)COC(=O)c2cccc(S(=O)(=O)N3CCCCCC3)c2)c(C)n1Cc1ccco1. The average molecular weight is 499 g/mol. The molecule has 1 saturated heterocycles. The first-order valence-electron chi connectivity index (χ1n) is 11.8. The van der Waals surface area contributed by atoms with Crippen LogP contribution in [-0.4, -0.2) is 48.7 Å². The van der Waals surface area contributed by atoms with Crippen LogP contribution >= 0.6 is 0 Å². The van der Waals surface area contributed by atoms with E-state index in [1.807, 2.05) is 30.5 Å². The van der Waals surface area contributed by atoms with Gasteiger partial charge in [0.15, 0.2) is 6.61 Å². The molecule has 0 amide bonds. The predicted octanol–water partition coefficient (Wildman–Crippen LogP) is 4.35. The first kappa shape index (κ1) is 24.9. The molecule has 4 rings (SSSR count). The molecule has 186 valence electrons. The van der Waals surface area contributed by atoms with E-state index in [-0.39, 0.29) is 16.2 Å². The summed E-state index contributed by atoms with van der Waals surface area (Å²) in [6, 6.07) is 11.3. The topological polar surface area (TPSA) is 98.8 Å². The lowest BCUT2D eigenvalue weighted by molar-refractivity contribution is 0.0474. The van der Waals surface area contributed by atoms with Gasteiger partial charge in [-0.05, 0) is 63.1 Å². The minimum Gasteiger partial charge on any atom is -0.467 e. The number of sulfonamides is 1. The minimum absolute atomic E-state index is 0.0571. The lowest BCUT2D eigenvalue weighted by Crippen LogP contribution is -2.32. The second kappa shape index (κ2) is 10.6. The Labute approximate surface area is 205 Å². The van der Waals surface area contributed by atoms with Gasteiger partial charge in [0.2, 0.25) is 15.8 Å². The Bertz CT molecular complexity index is 1300. The number of aryl methyl sites for hydroxylation is 1. The first-order chi connectivity index (χ1) is 16.8. The van der Waals surface area contributed by atoms with Gasteiger partial charge in [-0.15, -0.1) is 0 Å². The Hall–Kier alpha value is -3.17. The molecule has 8 nitrogen and oxygen atoms in total. The highest BCUT2D eigenvalue weighted by Crippen LogP contribution is 2.22. The zero-order valence-electron chi connectivity index (χ0n) is 20.0. The second-order valence-electron chi connectivity index (χ2n) is 8.80. The van der Waals surface area contributed by atoms with Gasteiger partial charge in [0, 0.05) is 30.0 Å². The number of ketones is 1. The molecule has 0 N–H and O–H groups in total. The highest BCUT2D eigenvalue weighted by molar-refractivity contribution is 7.89. The maximum Gasteiger partial charge on any atom is 0.338 e. The summed E-state index contributed by atoms with van der Waals surface area (Å²) in [7, 11) is -3.70. The molecule has 0 spiro atoms. The van der Waals surface area contributed by atoms with Gasteiger partial charge in [0.1, 0.15) is 5.76 Å². The van der Waals surface area contributed by atoms with Crippen LogP contribution in [0.25, 0.3) is 0 Å². The summed E-state index contributed by atoms with van der Waals surface area (Å²) in [6.07, 6.45) is 5.27. The number of esters is 1. The van der Waals surface area contributed by atoms with Gasteiger partial charge >= 0.3 is 5.97 Å². The van der Waals surface area contributed by atoms with Crippen molar-refractivity contribution in [3.8, 4) is 0 Å². The average Bonchev–Trinajstić information content (AvgIpc) is 3.35. The van der Waals surface area contributed by atoms with Crippen LogP contribution in [0.1, 0.15) is 63.5 Å². The normalized spacial score (nSPS) is 15.0. The van der Waals surface area contributed by atoms with Gasteiger partial charge in [-0.2, -0.15) is 4.31 Å². The Morgan fingerprint density at radius 1 is 1.00 bits per heavy atom. The molecule has 0 aliphatic carbocycles. The number of hydrogen-bond donors (Lipinski definition) is 0. The largest absolute Gasteiger partial charge is 0.467 e. The van der Waals surface area contributed by atoms with Gasteiger partial charge in [0.05, 0.1) is 23.3 Å². The van der Waals surface area contributed by atoms with Crippen LogP contribution in [0.2, 0.25) is 0 Å². The fourth-order valence-corrected chi connectivity index (χ4v) is 5.96. The molecule has 0 radical (unpaired) electrons. The van der Waals surface area contributed by atoms with Crippen molar-refractivity contribution in [2.45, 2.75) is 51.0 Å². The van der Waals surface area contributed by atoms with E-state index in [0.717, 1.165) is 42.8 Å². The summed E-state index contributed by atoms with van der Waals surface area (Å²) in [4.78, 5) is 25.5. The van der Waals surface area contributed by atoms with Crippen molar-refractivity contribution < 1.29 is 27.2 Å². The zero-order valence-corrected chi connectivity index (χ0v) is 20.8. The minimum atomic E-state index is -3.70. The van der Waals surface area contributed by atoms with Crippen molar-refractivity contribution in [1.82, 2.24) is 8.87 Å². The fraction of sp³-hybridized carbons (Fsp3) is 0.385. The van der Waals surface area contributed by atoms with Crippen LogP contribution in [0.5, 0.6) is 0 Å². The predicted molar refractivity (Wildman–Crippen MR) is 130 cm³/mol. The standard InChI is InChI=1S/C26H30N2O6S/c1-19-15-24(20(2)28(19)17-22-10-8-14-33-22)25(29)18-34-26(30)21-9-7-11-23(16-21)35(31,32)27-12-5-3-4-6-13-27/h7-11,14-16H,3-6,12-13,17-18H2,1-2H3. The number of nitrogens with zero attached hydrogens (tertiary/aromatic N) is 2. The molecule has 1 aromatic carbocycles. The number of carbonyl (C=O) groups is 2. The summed E-state index contributed by atoms with van der Waals surface area (Å²) in [5.74, 6) is -0.298. The number of ether oxygens (including phenoxy) is 1. The Morgan fingerprint density at radius 3 is 2.43 bits per heavy atom. The summed E-state index contributed by atoms with van der Waals surface area (Å²) < 4.78 is 40.2. The third-order valence-electron chi connectivity index (χ3n) is 6.38. The van der Waals surface area contributed by atoms with E-state index in [2.05, 4.69) is 0 Å². The van der Waals surface area contributed by atoms with Crippen LogP contribution in [0, 0.1) is 13.8 Å². The molecule has 0 bridgehead atoms. The molecule has 0 atom stereocenters. The lowest BCUT2D eigenvalue weighted by Gasteiger charge is -2.20. The van der Waals surface area contributed by atoms with E-state index >= 15 is 0 Å². The highest BCUT2D eigenvalue weighted by atomic mass is 32.2. The summed E-state index contributed by atoms with van der Waals surface area (Å²) >= 11 is 0. The molecule has 3 aromatic rings. The van der Waals surface area contributed by atoms with Crippen LogP contribution < -0.4 is 0 Å². The molecular weight excluding hydrogens is 468 g/mol. The van der Waals surface area contributed by atoms with Crippen molar-refractivity contribution >= 4 is 21.8 Å². The van der Waals surface area contributed by atoms with Gasteiger partial charge in [-0.3, -0.25) is 4.79 Å². The maximum absolute atomic E-state index is 13.1. The van der Waals surface area contributed by atoms with Crippen molar-refractivity contribution in [2.24, 2.45) is 0 Å². The van der Waals surface area contributed by atoms with Crippen molar-refractivity contribution in [2.75, 3.05) is 19.7 Å². The number of carbonyl (C=O) groups excluding carboxylic acids is 2. The first-order valence-corrected chi connectivity index (χ1v) is 13.2. The molecule has 35 heavy (non-hydrogen) atoms. The molecular formula is C26H30N2O6S. The number of furan rings is 1. The Balaban J connectivity index is 1.43. The number of benzene rings is 1. The van der Waals surface area contributed by atoms with Crippen molar-refractivity contribution in [1.29, 1.82) is 0 Å². The summed E-state index contributed by atoms with van der Waals surface area (Å²) in [5.41, 5.74) is 2.21. The third kappa shape index (κ3) is 5.57. The fourth-order valence-electron chi connectivity index (χ4n) is 4.39. The van der Waals surface area contributed by atoms with E-state index in [1.165, 1.54) is 28.6 Å². The van der Waals surface area contributed by atoms with Crippen LogP contribution in [0.4, 0.5) is 0 Å². The number of hydrogen-bond acceptors (Lipinski definition) is 6. The maximum atomic E-state index is 13.1. The van der Waals surface area contributed by atoms with E-state index in [0.29, 0.717) is 25.2 Å². The third-order valence-corrected chi connectivity index (χ3v) is 8.27. The van der Waals surface area contributed by atoms with Crippen molar-refractivity contribution in [3.63, 3.8) is 0 Å². The van der Waals surface area contributed by atoms with Gasteiger partial charge in [-0.1, -0.05) is 18.9 Å². The molecule has 1 aliphatic rings. The van der Waals surface area contributed by atoms with Crippen LogP contribution in [0.15, 0.2) is 58.0 Å². The smallest absolute Gasteiger partial charge is 0.338 e. The molecule has 9 heteroatoms. The zero-order chi connectivity index (χ0) is 25.0. The Morgan fingerprint density at radius 2 is 1.74 bits per heavy atom. The number of aromatic nitrogens is 1. The molecule has 1 aliphatic heterocycles. The van der Waals surface area contributed by atoms with Gasteiger partial charge in [-0.25, -0.2) is 13.2 Å². The lowest BCUT2D eigenvalue weighted by atomic mass is 10.1. The molecule has 3 heterocycles. The van der Waals surface area contributed by atoms with Crippen LogP contribution in [-0.2, 0) is 21.3 Å². The second-order valence-corrected chi connectivity index (χ2v) is 10.7. The number of Topliss-reactive ketones (excluding diaryl/α,β-unsaturated/α-hetero) is 1. The van der Waals surface area contributed by atoms with Gasteiger partial charge in [0.25, 0.3) is 0 Å².